The summed E-state index contributed by atoms with van der Waals surface area (Å²) in [5, 5.41) is 13.6. The summed E-state index contributed by atoms with van der Waals surface area (Å²) < 4.78 is 22.1. The first-order chi connectivity index (χ1) is 27.4. The number of hydrogen-bond donors (Lipinski definition) is 4. The zero-order chi connectivity index (χ0) is 41.1. The molecule has 9 heteroatoms. The van der Waals surface area contributed by atoms with Crippen LogP contribution in [0.2, 0.25) is 0 Å². The van der Waals surface area contributed by atoms with Gasteiger partial charge in [0.2, 0.25) is 5.91 Å². The Morgan fingerprint density at radius 3 is 1.50 bits per heavy atom. The third kappa shape index (κ3) is 40.1. The number of carbonyl (C=O) groups is 1. The number of carbonyl (C=O) groups excluding carboxylic acids is 1. The van der Waals surface area contributed by atoms with Crippen LogP contribution in [0.5, 0.6) is 0 Å². The van der Waals surface area contributed by atoms with Crippen LogP contribution in [-0.4, -0.2) is 47.8 Å². The predicted octanol–water partition coefficient (Wildman–Crippen LogP) is 12.8. The molecule has 0 aromatic carbocycles. The molecule has 324 valence electrons. The molecule has 3 atom stereocenters. The van der Waals surface area contributed by atoms with Gasteiger partial charge in [0.1, 0.15) is 0 Å². The fourth-order valence-corrected chi connectivity index (χ4v) is 6.81. The molecule has 0 aromatic heterocycles. The third-order valence-corrected chi connectivity index (χ3v) is 10.5. The molecule has 0 radical (unpaired) electrons. The van der Waals surface area contributed by atoms with Gasteiger partial charge < -0.3 is 21.1 Å². The van der Waals surface area contributed by atoms with Crippen molar-refractivity contribution < 1.29 is 28.4 Å². The van der Waals surface area contributed by atoms with E-state index in [1.807, 2.05) is 6.08 Å². The first kappa shape index (κ1) is 53.9. The number of aliphatic hydroxyl groups is 1. The summed E-state index contributed by atoms with van der Waals surface area (Å²) in [5.74, 6) is -0.223. The van der Waals surface area contributed by atoms with Gasteiger partial charge in [0.25, 0.3) is 0 Å². The molecule has 0 fully saturated rings. The van der Waals surface area contributed by atoms with Crippen molar-refractivity contribution >= 4 is 13.7 Å². The number of phosphoric acid groups is 1. The Morgan fingerprint density at radius 2 is 1.00 bits per heavy atom. The van der Waals surface area contributed by atoms with E-state index in [9.17, 15) is 19.4 Å². The molecule has 1 amide bonds. The summed E-state index contributed by atoms with van der Waals surface area (Å²) in [6.45, 7) is 4.06. The van der Waals surface area contributed by atoms with E-state index in [0.717, 1.165) is 70.6 Å². The average molecular weight is 805 g/mol. The number of allylic oxidation sites excluding steroid dienone is 11. The van der Waals surface area contributed by atoms with Gasteiger partial charge >= 0.3 is 7.82 Å². The highest BCUT2D eigenvalue weighted by atomic mass is 31.2. The molecule has 0 bridgehead atoms. The van der Waals surface area contributed by atoms with Gasteiger partial charge in [-0.05, 0) is 83.5 Å². The molecule has 0 aliphatic rings. The number of hydrogen-bond acceptors (Lipinski definition) is 6. The number of nitrogens with two attached hydrogens (primary N) is 1. The molecule has 0 rings (SSSR count). The van der Waals surface area contributed by atoms with E-state index in [0.29, 0.717) is 6.42 Å². The molecule has 0 spiro atoms. The fourth-order valence-electron chi connectivity index (χ4n) is 6.05. The highest BCUT2D eigenvalue weighted by molar-refractivity contribution is 7.47. The number of amides is 1. The molecule has 5 N–H and O–H groups in total. The maximum atomic E-state index is 12.8. The first-order valence-electron chi connectivity index (χ1n) is 22.6. The summed E-state index contributed by atoms with van der Waals surface area (Å²) in [4.78, 5) is 22.7. The van der Waals surface area contributed by atoms with Crippen LogP contribution < -0.4 is 11.1 Å². The van der Waals surface area contributed by atoms with E-state index >= 15 is 0 Å². The van der Waals surface area contributed by atoms with E-state index in [-0.39, 0.29) is 25.7 Å². The van der Waals surface area contributed by atoms with Crippen LogP contribution in [0, 0.1) is 0 Å². The second-order valence-electron chi connectivity index (χ2n) is 14.9. The highest BCUT2D eigenvalue weighted by Gasteiger charge is 2.26. The van der Waals surface area contributed by atoms with Gasteiger partial charge in [0, 0.05) is 13.0 Å². The maximum Gasteiger partial charge on any atom is 0.472 e. The van der Waals surface area contributed by atoms with Gasteiger partial charge in [0.15, 0.2) is 0 Å². The number of phosphoric ester groups is 1. The van der Waals surface area contributed by atoms with Crippen molar-refractivity contribution in [3.8, 4) is 0 Å². The van der Waals surface area contributed by atoms with E-state index in [1.54, 1.807) is 6.08 Å². The van der Waals surface area contributed by atoms with Crippen LogP contribution in [-0.2, 0) is 18.4 Å². The summed E-state index contributed by atoms with van der Waals surface area (Å²) in [5.41, 5.74) is 5.37. The van der Waals surface area contributed by atoms with Crippen molar-refractivity contribution in [2.75, 3.05) is 19.8 Å². The Hall–Kier alpha value is -2.06. The van der Waals surface area contributed by atoms with Crippen LogP contribution in [0.3, 0.4) is 0 Å². The van der Waals surface area contributed by atoms with Gasteiger partial charge in [-0.25, -0.2) is 4.57 Å². The lowest BCUT2D eigenvalue weighted by Crippen LogP contribution is -2.45. The Kier molecular flexibility index (Phi) is 41.0. The zero-order valence-corrected chi connectivity index (χ0v) is 36.7. The van der Waals surface area contributed by atoms with Crippen LogP contribution in [0.1, 0.15) is 187 Å². The Morgan fingerprint density at radius 1 is 0.589 bits per heavy atom. The minimum atomic E-state index is -4.36. The van der Waals surface area contributed by atoms with Gasteiger partial charge in [-0.2, -0.15) is 0 Å². The SMILES string of the molecule is CCCCCCC/C=C\C/C=C\C/C=C\CCCCCCCCC(=O)NC(COP(=O)(O)OCCN)C(O)/C=C/CC/C=C/CC/C=C/CCCCCCCC. The second kappa shape index (κ2) is 42.5. The predicted molar refractivity (Wildman–Crippen MR) is 240 cm³/mol. The smallest absolute Gasteiger partial charge is 0.387 e. The van der Waals surface area contributed by atoms with Gasteiger partial charge in [0.05, 0.1) is 25.4 Å². The zero-order valence-electron chi connectivity index (χ0n) is 35.8. The number of unbranched alkanes of at least 4 members (excludes halogenated alkanes) is 19. The number of rotatable bonds is 41. The van der Waals surface area contributed by atoms with E-state index in [4.69, 9.17) is 14.8 Å². The molecule has 0 saturated carbocycles. The Labute approximate surface area is 344 Å². The lowest BCUT2D eigenvalue weighted by atomic mass is 10.1. The second-order valence-corrected chi connectivity index (χ2v) is 16.3. The van der Waals surface area contributed by atoms with Gasteiger partial charge in [-0.1, -0.05) is 170 Å². The monoisotopic (exact) mass is 805 g/mol. The van der Waals surface area contributed by atoms with Crippen LogP contribution in [0.15, 0.2) is 72.9 Å². The van der Waals surface area contributed by atoms with Crippen molar-refractivity contribution in [1.82, 2.24) is 5.32 Å². The molecule has 8 nitrogen and oxygen atoms in total. The van der Waals surface area contributed by atoms with E-state index in [2.05, 4.69) is 79.9 Å². The minimum absolute atomic E-state index is 0.0660. The molecule has 0 saturated heterocycles. The molecule has 3 unspecified atom stereocenters. The maximum absolute atomic E-state index is 12.8. The van der Waals surface area contributed by atoms with Crippen molar-refractivity contribution in [2.24, 2.45) is 5.73 Å². The number of nitrogens with one attached hydrogen (secondary N) is 1. The fraction of sp³-hybridized carbons (Fsp3) is 0.723. The van der Waals surface area contributed by atoms with Crippen LogP contribution in [0.25, 0.3) is 0 Å². The van der Waals surface area contributed by atoms with E-state index in [1.165, 1.54) is 96.3 Å². The minimum Gasteiger partial charge on any atom is -0.387 e. The first-order valence-corrected chi connectivity index (χ1v) is 24.1. The van der Waals surface area contributed by atoms with E-state index < -0.39 is 20.0 Å². The van der Waals surface area contributed by atoms with Gasteiger partial charge in [-0.15, -0.1) is 0 Å². The van der Waals surface area contributed by atoms with Gasteiger partial charge in [-0.3, -0.25) is 13.8 Å². The highest BCUT2D eigenvalue weighted by Crippen LogP contribution is 2.43. The lowest BCUT2D eigenvalue weighted by molar-refractivity contribution is -0.123. The quantitative estimate of drug-likeness (QED) is 0.0275. The summed E-state index contributed by atoms with van der Waals surface area (Å²) >= 11 is 0. The summed E-state index contributed by atoms with van der Waals surface area (Å²) in [6, 6.07) is -0.894. The molecule has 0 aliphatic carbocycles. The van der Waals surface area contributed by atoms with Crippen molar-refractivity contribution in [3.05, 3.63) is 72.9 Å². The molecular formula is C47H85N2O6P. The normalized spacial score (nSPS) is 14.7. The lowest BCUT2D eigenvalue weighted by Gasteiger charge is -2.23. The summed E-state index contributed by atoms with van der Waals surface area (Å²) in [7, 11) is -4.36. The van der Waals surface area contributed by atoms with Crippen molar-refractivity contribution in [1.29, 1.82) is 0 Å². The summed E-state index contributed by atoms with van der Waals surface area (Å²) in [6.07, 6.45) is 55.2. The molecule has 0 aromatic rings. The Balaban J connectivity index is 4.30. The standard InChI is InChI=1S/C47H85N2O6P/c1-3-5-7-9-11-13-15-17-19-21-22-23-24-25-27-29-31-33-35-37-39-41-47(51)49-45(44-55-56(52,53)54-43-42-48)46(50)40-38-36-34-32-30-28-26-20-18-16-14-12-10-8-6-4-2/h15,17-18,20-22,24-25,30,32,38,40,45-46,50H,3-14,16,19,23,26-29,31,33-37,39,41-44,48H2,1-2H3,(H,49,51)(H,52,53)/b17-15-,20-18+,22-21-,25-24-,32-30+,40-38+. The Bertz CT molecular complexity index is 1100. The molecule has 0 heterocycles. The topological polar surface area (TPSA) is 131 Å². The molecule has 0 aliphatic heterocycles. The average Bonchev–Trinajstić information content (AvgIpc) is 3.19. The van der Waals surface area contributed by atoms with Crippen LogP contribution in [0.4, 0.5) is 0 Å². The number of aliphatic hydroxyl groups excluding tert-OH is 1. The van der Waals surface area contributed by atoms with Crippen molar-refractivity contribution in [2.45, 2.75) is 199 Å². The largest absolute Gasteiger partial charge is 0.472 e. The molecule has 56 heavy (non-hydrogen) atoms. The third-order valence-electron chi connectivity index (χ3n) is 9.48. The van der Waals surface area contributed by atoms with Crippen LogP contribution >= 0.6 is 7.82 Å². The van der Waals surface area contributed by atoms with Crippen molar-refractivity contribution in [3.63, 3.8) is 0 Å². The molecular weight excluding hydrogens is 719 g/mol.